The van der Waals surface area contributed by atoms with Crippen LogP contribution in [0.4, 0.5) is 19.0 Å². The van der Waals surface area contributed by atoms with E-state index < -0.39 is 11.7 Å². The molecule has 0 aliphatic rings. The van der Waals surface area contributed by atoms with Crippen molar-refractivity contribution in [2.24, 2.45) is 5.10 Å². The van der Waals surface area contributed by atoms with E-state index in [1.54, 1.807) is 43.9 Å². The summed E-state index contributed by atoms with van der Waals surface area (Å²) in [6.07, 6.45) is -2.87. The maximum absolute atomic E-state index is 13.1. The first-order chi connectivity index (χ1) is 15.2. The molecule has 9 heteroatoms. The fraction of sp³-hybridized carbons (Fsp3) is 0.261. The van der Waals surface area contributed by atoms with Gasteiger partial charge in [-0.25, -0.2) is 4.98 Å². The number of nitrogens with one attached hydrogen (secondary N) is 1. The van der Waals surface area contributed by atoms with Gasteiger partial charge in [0.25, 0.3) is 0 Å². The Labute approximate surface area is 184 Å². The van der Waals surface area contributed by atoms with Crippen molar-refractivity contribution in [2.75, 3.05) is 12.5 Å². The van der Waals surface area contributed by atoms with Crippen LogP contribution < -0.4 is 5.43 Å². The lowest BCUT2D eigenvalue weighted by atomic mass is 10.1. The van der Waals surface area contributed by atoms with Crippen molar-refractivity contribution in [3.05, 3.63) is 75.7 Å². The number of hydrogen-bond donors (Lipinski definition) is 1. The number of aromatic nitrogens is 2. The number of alkyl halides is 3. The Morgan fingerprint density at radius 3 is 2.62 bits per heavy atom. The van der Waals surface area contributed by atoms with Gasteiger partial charge in [0.05, 0.1) is 18.4 Å². The maximum atomic E-state index is 13.1. The standard InChI is InChI=1S/C23H22F3N5O/c1-14-8-18(13-32-4)21(11-27)22(29-14)30-28-12-17-9-15(2)31(16(17)3)20-7-5-6-19(10-20)23(24,25)26/h5-10,12H,13H2,1-4H3,(H,29,30)/b28-12+. The van der Waals surface area contributed by atoms with Crippen molar-refractivity contribution in [1.29, 1.82) is 5.26 Å². The van der Waals surface area contributed by atoms with Gasteiger partial charge in [0.1, 0.15) is 11.6 Å². The third-order valence-corrected chi connectivity index (χ3v) is 4.92. The molecule has 0 amide bonds. The van der Waals surface area contributed by atoms with Crippen molar-refractivity contribution in [3.8, 4) is 11.8 Å². The van der Waals surface area contributed by atoms with Crippen LogP contribution in [-0.4, -0.2) is 22.9 Å². The molecule has 0 saturated carbocycles. The van der Waals surface area contributed by atoms with E-state index in [0.29, 0.717) is 28.3 Å². The second kappa shape index (κ2) is 9.24. The molecule has 3 aromatic rings. The lowest BCUT2D eigenvalue weighted by Gasteiger charge is -2.13. The molecule has 0 saturated heterocycles. The summed E-state index contributed by atoms with van der Waals surface area (Å²) in [5, 5.41) is 13.7. The van der Waals surface area contributed by atoms with E-state index in [9.17, 15) is 18.4 Å². The Bertz CT molecular complexity index is 1210. The molecule has 1 aromatic carbocycles. The fourth-order valence-corrected chi connectivity index (χ4v) is 3.52. The SMILES string of the molecule is COCc1cc(C)nc(N/N=C/c2cc(C)n(-c3cccc(C(F)(F)F)c3)c2C)c1C#N. The minimum atomic E-state index is -4.42. The molecule has 166 valence electrons. The van der Waals surface area contributed by atoms with E-state index >= 15 is 0 Å². The number of nitriles is 1. The summed E-state index contributed by atoms with van der Waals surface area (Å²) in [5.74, 6) is 0.308. The zero-order valence-electron chi connectivity index (χ0n) is 18.1. The van der Waals surface area contributed by atoms with Gasteiger partial charge in [0.15, 0.2) is 5.82 Å². The summed E-state index contributed by atoms with van der Waals surface area (Å²) < 4.78 is 46.2. The number of anilines is 1. The molecule has 0 atom stereocenters. The van der Waals surface area contributed by atoms with E-state index in [4.69, 9.17) is 4.74 Å². The minimum Gasteiger partial charge on any atom is -0.380 e. The number of ether oxygens (including phenoxy) is 1. The van der Waals surface area contributed by atoms with Gasteiger partial charge in [0.2, 0.25) is 0 Å². The number of pyridine rings is 1. The number of benzene rings is 1. The summed E-state index contributed by atoms with van der Waals surface area (Å²) in [5.41, 5.74) is 6.45. The predicted molar refractivity (Wildman–Crippen MR) is 116 cm³/mol. The van der Waals surface area contributed by atoms with Crippen LogP contribution in [0.15, 0.2) is 41.5 Å². The Morgan fingerprint density at radius 1 is 1.22 bits per heavy atom. The monoisotopic (exact) mass is 441 g/mol. The molecule has 6 nitrogen and oxygen atoms in total. The molecular weight excluding hydrogens is 419 g/mol. The summed E-state index contributed by atoms with van der Waals surface area (Å²) in [7, 11) is 1.54. The first-order valence-electron chi connectivity index (χ1n) is 9.71. The van der Waals surface area contributed by atoms with Gasteiger partial charge < -0.3 is 9.30 Å². The molecule has 2 aromatic heterocycles. The Hall–Kier alpha value is -3.64. The van der Waals surface area contributed by atoms with Gasteiger partial charge in [-0.3, -0.25) is 5.43 Å². The van der Waals surface area contributed by atoms with Crippen molar-refractivity contribution < 1.29 is 17.9 Å². The highest BCUT2D eigenvalue weighted by Crippen LogP contribution is 2.31. The topological polar surface area (TPSA) is 75.2 Å². The van der Waals surface area contributed by atoms with Crippen molar-refractivity contribution in [1.82, 2.24) is 9.55 Å². The minimum absolute atomic E-state index is 0.267. The Kier molecular flexibility index (Phi) is 6.65. The lowest BCUT2D eigenvalue weighted by molar-refractivity contribution is -0.137. The van der Waals surface area contributed by atoms with E-state index in [0.717, 1.165) is 29.1 Å². The zero-order chi connectivity index (χ0) is 23.5. The molecule has 0 bridgehead atoms. The number of rotatable bonds is 6. The average Bonchev–Trinajstić information content (AvgIpc) is 3.01. The van der Waals surface area contributed by atoms with Gasteiger partial charge in [-0.1, -0.05) is 6.07 Å². The van der Waals surface area contributed by atoms with Crippen molar-refractivity contribution in [2.45, 2.75) is 33.6 Å². The summed E-state index contributed by atoms with van der Waals surface area (Å²) in [4.78, 5) is 4.33. The predicted octanol–water partition coefficient (Wildman–Crippen LogP) is 5.28. The fourth-order valence-electron chi connectivity index (χ4n) is 3.52. The van der Waals surface area contributed by atoms with Crippen LogP contribution in [0.25, 0.3) is 5.69 Å². The molecule has 0 spiro atoms. The van der Waals surface area contributed by atoms with Crippen LogP contribution in [-0.2, 0) is 17.5 Å². The number of hydrogen-bond acceptors (Lipinski definition) is 5. The van der Waals surface area contributed by atoms with Crippen LogP contribution in [0.5, 0.6) is 0 Å². The summed E-state index contributed by atoms with van der Waals surface area (Å²) >= 11 is 0. The Morgan fingerprint density at radius 2 is 1.97 bits per heavy atom. The number of methoxy groups -OCH3 is 1. The van der Waals surface area contributed by atoms with Crippen LogP contribution in [0.1, 0.15) is 39.3 Å². The van der Waals surface area contributed by atoms with E-state index in [1.165, 1.54) is 6.07 Å². The number of aryl methyl sites for hydroxylation is 2. The van der Waals surface area contributed by atoms with Crippen LogP contribution in [0, 0.1) is 32.1 Å². The quantitative estimate of drug-likeness (QED) is 0.417. The van der Waals surface area contributed by atoms with E-state index in [-0.39, 0.29) is 6.61 Å². The normalized spacial score (nSPS) is 11.7. The molecule has 1 N–H and O–H groups in total. The van der Waals surface area contributed by atoms with Crippen LogP contribution >= 0.6 is 0 Å². The van der Waals surface area contributed by atoms with Crippen molar-refractivity contribution in [3.63, 3.8) is 0 Å². The highest BCUT2D eigenvalue weighted by molar-refractivity contribution is 5.83. The number of nitrogens with zero attached hydrogens (tertiary/aromatic N) is 4. The number of halogens is 3. The van der Waals surface area contributed by atoms with Gasteiger partial charge in [0, 0.05) is 41.0 Å². The van der Waals surface area contributed by atoms with E-state index in [2.05, 4.69) is 21.6 Å². The lowest BCUT2D eigenvalue weighted by Crippen LogP contribution is -2.07. The molecule has 0 aliphatic carbocycles. The molecule has 2 heterocycles. The van der Waals surface area contributed by atoms with Crippen molar-refractivity contribution >= 4 is 12.0 Å². The van der Waals surface area contributed by atoms with Gasteiger partial charge in [-0.05, 0) is 51.1 Å². The molecule has 0 aliphatic heterocycles. The average molecular weight is 441 g/mol. The smallest absolute Gasteiger partial charge is 0.380 e. The molecule has 32 heavy (non-hydrogen) atoms. The zero-order valence-corrected chi connectivity index (χ0v) is 18.1. The largest absolute Gasteiger partial charge is 0.416 e. The molecule has 0 unspecified atom stereocenters. The highest BCUT2D eigenvalue weighted by atomic mass is 19.4. The molecule has 0 radical (unpaired) electrons. The Balaban J connectivity index is 1.91. The van der Waals surface area contributed by atoms with Gasteiger partial charge in [-0.15, -0.1) is 0 Å². The molecular formula is C23H22F3N5O. The second-order valence-corrected chi connectivity index (χ2v) is 7.27. The summed E-state index contributed by atoms with van der Waals surface area (Å²) in [6, 6.07) is 10.9. The molecule has 0 fully saturated rings. The molecule has 3 rings (SSSR count). The highest BCUT2D eigenvalue weighted by Gasteiger charge is 2.30. The number of hydrazone groups is 1. The third kappa shape index (κ3) is 4.81. The van der Waals surface area contributed by atoms with E-state index in [1.807, 2.05) is 13.0 Å². The van der Waals surface area contributed by atoms with Gasteiger partial charge >= 0.3 is 6.18 Å². The van der Waals surface area contributed by atoms with Crippen LogP contribution in [0.2, 0.25) is 0 Å². The first-order valence-corrected chi connectivity index (χ1v) is 9.71. The second-order valence-electron chi connectivity index (χ2n) is 7.27. The maximum Gasteiger partial charge on any atom is 0.416 e. The first kappa shape index (κ1) is 23.0. The third-order valence-electron chi connectivity index (χ3n) is 4.92. The van der Waals surface area contributed by atoms with Crippen LogP contribution in [0.3, 0.4) is 0 Å². The summed E-state index contributed by atoms with van der Waals surface area (Å²) in [6.45, 7) is 5.68. The van der Waals surface area contributed by atoms with Gasteiger partial charge in [-0.2, -0.15) is 23.5 Å².